The Morgan fingerprint density at radius 2 is 1.56 bits per heavy atom. The van der Waals surface area contributed by atoms with Gasteiger partial charge >= 0.3 is 0 Å². The third kappa shape index (κ3) is 7.38. The molecule has 0 aromatic heterocycles. The second-order valence-corrected chi connectivity index (χ2v) is 7.17. The molecule has 0 radical (unpaired) electrons. The van der Waals surface area contributed by atoms with Crippen LogP contribution in [0.3, 0.4) is 0 Å². The predicted molar refractivity (Wildman–Crippen MR) is 108 cm³/mol. The highest BCUT2D eigenvalue weighted by Crippen LogP contribution is 2.32. The maximum absolute atomic E-state index is 5.66. The number of aryl methyl sites for hydroxylation is 1. The molecule has 1 unspecified atom stereocenters. The summed E-state index contributed by atoms with van der Waals surface area (Å²) in [6.45, 7) is 2.25. The summed E-state index contributed by atoms with van der Waals surface area (Å²) >= 11 is 3.53. The van der Waals surface area contributed by atoms with Crippen molar-refractivity contribution in [1.29, 1.82) is 0 Å². The van der Waals surface area contributed by atoms with Crippen LogP contribution >= 0.6 is 15.9 Å². The lowest BCUT2D eigenvalue weighted by atomic mass is 9.91. The van der Waals surface area contributed by atoms with Crippen LogP contribution in [0.15, 0.2) is 24.3 Å². The lowest BCUT2D eigenvalue weighted by Gasteiger charge is -2.36. The van der Waals surface area contributed by atoms with Gasteiger partial charge in [0, 0.05) is 32.6 Å². The number of ether oxygens (including phenoxy) is 3. The van der Waals surface area contributed by atoms with Crippen molar-refractivity contribution in [3.05, 3.63) is 35.4 Å². The minimum absolute atomic E-state index is 0.210. The highest BCUT2D eigenvalue weighted by molar-refractivity contribution is 9.08. The van der Waals surface area contributed by atoms with Gasteiger partial charge in [0.1, 0.15) is 0 Å². The number of methoxy groups -OCH3 is 3. The predicted octanol–water partition coefficient (Wildman–Crippen LogP) is 6.08. The van der Waals surface area contributed by atoms with Gasteiger partial charge in [-0.05, 0) is 30.4 Å². The SMILES string of the molecule is CCCCCCCC(CCc1cccc(CBr)c1)C(OC)(OC)OC. The van der Waals surface area contributed by atoms with Gasteiger partial charge in [0.25, 0.3) is 5.97 Å². The summed E-state index contributed by atoms with van der Waals surface area (Å²) in [5, 5.41) is 0.889. The van der Waals surface area contributed by atoms with Crippen molar-refractivity contribution in [2.24, 2.45) is 5.92 Å². The van der Waals surface area contributed by atoms with E-state index in [1.165, 1.54) is 43.2 Å². The summed E-state index contributed by atoms with van der Waals surface area (Å²) in [6.07, 6.45) is 9.36. The van der Waals surface area contributed by atoms with E-state index in [0.29, 0.717) is 0 Å². The number of benzene rings is 1. The molecule has 0 saturated carbocycles. The van der Waals surface area contributed by atoms with Crippen molar-refractivity contribution in [2.75, 3.05) is 21.3 Å². The number of hydrogen-bond acceptors (Lipinski definition) is 3. The fraction of sp³-hybridized carbons (Fsp3) is 0.714. The largest absolute Gasteiger partial charge is 0.331 e. The van der Waals surface area contributed by atoms with Crippen LogP contribution in [0, 0.1) is 5.92 Å². The summed E-state index contributed by atoms with van der Waals surface area (Å²) in [7, 11) is 5.01. The van der Waals surface area contributed by atoms with Crippen molar-refractivity contribution in [2.45, 2.75) is 69.6 Å². The standard InChI is InChI=1S/C21H35BrO3/c1-5-6-7-8-9-13-20(21(23-2,24-3)25-4)15-14-18-11-10-12-19(16-18)17-22/h10-12,16,20H,5-9,13-15,17H2,1-4H3. The van der Waals surface area contributed by atoms with Gasteiger partial charge < -0.3 is 14.2 Å². The summed E-state index contributed by atoms with van der Waals surface area (Å²) in [5.41, 5.74) is 2.66. The molecule has 0 fully saturated rings. The van der Waals surface area contributed by atoms with Crippen LogP contribution in [-0.2, 0) is 26.0 Å². The first-order valence-corrected chi connectivity index (χ1v) is 10.6. The molecule has 1 aromatic carbocycles. The molecule has 25 heavy (non-hydrogen) atoms. The Kier molecular flexibility index (Phi) is 11.6. The van der Waals surface area contributed by atoms with E-state index in [2.05, 4.69) is 47.1 Å². The van der Waals surface area contributed by atoms with Crippen molar-refractivity contribution in [1.82, 2.24) is 0 Å². The highest BCUT2D eigenvalue weighted by Gasteiger charge is 2.39. The third-order valence-electron chi connectivity index (χ3n) is 4.94. The summed E-state index contributed by atoms with van der Waals surface area (Å²) in [4.78, 5) is 0. The van der Waals surface area contributed by atoms with E-state index in [4.69, 9.17) is 14.2 Å². The van der Waals surface area contributed by atoms with Gasteiger partial charge in [-0.15, -0.1) is 0 Å². The molecule has 144 valence electrons. The molecule has 0 N–H and O–H groups in total. The average Bonchev–Trinajstić information content (AvgIpc) is 2.67. The zero-order chi connectivity index (χ0) is 18.5. The van der Waals surface area contributed by atoms with E-state index in [1.807, 2.05) is 0 Å². The Morgan fingerprint density at radius 1 is 0.920 bits per heavy atom. The van der Waals surface area contributed by atoms with Crippen LogP contribution in [0.1, 0.15) is 63.0 Å². The molecular formula is C21H35BrO3. The van der Waals surface area contributed by atoms with Crippen LogP contribution in [0.2, 0.25) is 0 Å². The average molecular weight is 415 g/mol. The van der Waals surface area contributed by atoms with E-state index in [9.17, 15) is 0 Å². The minimum Gasteiger partial charge on any atom is -0.331 e. The molecule has 1 aromatic rings. The summed E-state index contributed by atoms with van der Waals surface area (Å²) in [6, 6.07) is 8.73. The number of alkyl halides is 1. The summed E-state index contributed by atoms with van der Waals surface area (Å²) in [5.74, 6) is -0.737. The van der Waals surface area contributed by atoms with E-state index < -0.39 is 5.97 Å². The number of unbranched alkanes of at least 4 members (excludes halogenated alkanes) is 4. The normalized spacial score (nSPS) is 13.2. The van der Waals surface area contributed by atoms with Crippen LogP contribution in [-0.4, -0.2) is 27.3 Å². The molecular weight excluding hydrogens is 380 g/mol. The maximum atomic E-state index is 5.66. The number of rotatable bonds is 14. The zero-order valence-corrected chi connectivity index (χ0v) is 17.9. The van der Waals surface area contributed by atoms with Crippen LogP contribution in [0.5, 0.6) is 0 Å². The molecule has 0 spiro atoms. The first kappa shape index (κ1) is 22.6. The molecule has 0 saturated heterocycles. The van der Waals surface area contributed by atoms with Gasteiger partial charge in [0.15, 0.2) is 0 Å². The van der Waals surface area contributed by atoms with E-state index >= 15 is 0 Å². The van der Waals surface area contributed by atoms with E-state index in [1.54, 1.807) is 21.3 Å². The maximum Gasteiger partial charge on any atom is 0.285 e. The molecule has 0 heterocycles. The Balaban J connectivity index is 2.71. The third-order valence-corrected chi connectivity index (χ3v) is 5.58. The first-order valence-electron chi connectivity index (χ1n) is 9.45. The topological polar surface area (TPSA) is 27.7 Å². The molecule has 1 atom stereocenters. The van der Waals surface area contributed by atoms with Crippen molar-refractivity contribution >= 4 is 15.9 Å². The van der Waals surface area contributed by atoms with Crippen LogP contribution < -0.4 is 0 Å². The smallest absolute Gasteiger partial charge is 0.285 e. The Labute approximate surface area is 162 Å². The first-order chi connectivity index (χ1) is 12.2. The van der Waals surface area contributed by atoms with Gasteiger partial charge in [-0.25, -0.2) is 0 Å². The van der Waals surface area contributed by atoms with Gasteiger partial charge in [-0.2, -0.15) is 0 Å². The summed E-state index contributed by atoms with van der Waals surface area (Å²) < 4.78 is 17.0. The molecule has 0 amide bonds. The quantitative estimate of drug-likeness (QED) is 0.209. The molecule has 0 aliphatic rings. The molecule has 1 rings (SSSR count). The van der Waals surface area contributed by atoms with Gasteiger partial charge in [0.05, 0.1) is 0 Å². The number of hydrogen-bond donors (Lipinski definition) is 0. The molecule has 0 aliphatic carbocycles. The Morgan fingerprint density at radius 3 is 2.16 bits per heavy atom. The Hall–Kier alpha value is -0.420. The Bertz CT molecular complexity index is 452. The van der Waals surface area contributed by atoms with Gasteiger partial charge in [0.2, 0.25) is 0 Å². The fourth-order valence-electron chi connectivity index (χ4n) is 3.45. The van der Waals surface area contributed by atoms with Crippen molar-refractivity contribution in [3.63, 3.8) is 0 Å². The monoisotopic (exact) mass is 414 g/mol. The van der Waals surface area contributed by atoms with E-state index in [-0.39, 0.29) is 5.92 Å². The molecule has 3 nitrogen and oxygen atoms in total. The number of halogens is 1. The van der Waals surface area contributed by atoms with Gasteiger partial charge in [-0.3, -0.25) is 0 Å². The lowest BCUT2D eigenvalue weighted by molar-refractivity contribution is -0.380. The van der Waals surface area contributed by atoms with Crippen LogP contribution in [0.25, 0.3) is 0 Å². The molecule has 0 bridgehead atoms. The fourth-order valence-corrected chi connectivity index (χ4v) is 3.80. The second kappa shape index (κ2) is 12.9. The second-order valence-electron chi connectivity index (χ2n) is 6.61. The van der Waals surface area contributed by atoms with E-state index in [0.717, 1.165) is 24.6 Å². The zero-order valence-electron chi connectivity index (χ0n) is 16.4. The van der Waals surface area contributed by atoms with Gasteiger partial charge in [-0.1, -0.05) is 79.2 Å². The lowest BCUT2D eigenvalue weighted by Crippen LogP contribution is -2.44. The van der Waals surface area contributed by atoms with Crippen molar-refractivity contribution < 1.29 is 14.2 Å². The molecule has 0 aliphatic heterocycles. The van der Waals surface area contributed by atoms with Crippen molar-refractivity contribution in [3.8, 4) is 0 Å². The minimum atomic E-state index is -0.947. The van der Waals surface area contributed by atoms with Crippen LogP contribution in [0.4, 0.5) is 0 Å². The highest BCUT2D eigenvalue weighted by atomic mass is 79.9. The molecule has 4 heteroatoms.